The number of carbonyl (C=O) groups excluding carboxylic acids is 1. The summed E-state index contributed by atoms with van der Waals surface area (Å²) in [6, 6.07) is 0. The van der Waals surface area contributed by atoms with E-state index in [2.05, 4.69) is 13.2 Å². The predicted molar refractivity (Wildman–Crippen MR) is 58.2 cm³/mol. The molecule has 15 heavy (non-hydrogen) atoms. The quantitative estimate of drug-likeness (QED) is 0.700. The van der Waals surface area contributed by atoms with Gasteiger partial charge in [-0.15, -0.1) is 13.2 Å². The molecule has 3 heteroatoms. The van der Waals surface area contributed by atoms with E-state index in [1.54, 1.807) is 12.2 Å². The zero-order chi connectivity index (χ0) is 11.3. The molecule has 1 rings (SSSR count). The van der Waals surface area contributed by atoms with Gasteiger partial charge in [0.1, 0.15) is 5.60 Å². The maximum atomic E-state index is 11.8. The van der Waals surface area contributed by atoms with Crippen molar-refractivity contribution in [1.82, 2.24) is 0 Å². The molecule has 1 aliphatic heterocycles. The van der Waals surface area contributed by atoms with E-state index in [1.165, 1.54) is 12.2 Å². The van der Waals surface area contributed by atoms with E-state index in [4.69, 9.17) is 4.74 Å². The molecule has 0 saturated carbocycles. The number of aliphatic hydroxyl groups excluding tert-OH is 1. The van der Waals surface area contributed by atoms with Gasteiger partial charge in [0.2, 0.25) is 0 Å². The van der Waals surface area contributed by atoms with Gasteiger partial charge >= 0.3 is 0 Å². The Morgan fingerprint density at radius 3 is 2.87 bits per heavy atom. The molecule has 0 saturated heterocycles. The lowest BCUT2D eigenvalue weighted by atomic mass is 9.87. The molecular formula is C12H16O3. The zero-order valence-corrected chi connectivity index (χ0v) is 8.69. The Kier molecular flexibility index (Phi) is 4.00. The van der Waals surface area contributed by atoms with Gasteiger partial charge in [-0.2, -0.15) is 0 Å². The Balaban J connectivity index is 2.87. The Morgan fingerprint density at radius 1 is 1.53 bits per heavy atom. The van der Waals surface area contributed by atoms with Crippen LogP contribution in [0.15, 0.2) is 37.5 Å². The minimum Gasteiger partial charge on any atom is -0.365 e. The molecule has 0 amide bonds. The fraction of sp³-hybridized carbons (Fsp3) is 0.417. The van der Waals surface area contributed by atoms with E-state index in [-0.39, 0.29) is 5.78 Å². The van der Waals surface area contributed by atoms with Crippen LogP contribution in [0.25, 0.3) is 0 Å². The monoisotopic (exact) mass is 208 g/mol. The molecule has 3 nitrogen and oxygen atoms in total. The van der Waals surface area contributed by atoms with E-state index >= 15 is 0 Å². The standard InChI is InChI=1S/C12H16O3/c1-3-5-9-12(8-4-2)10(13)6-7-11(14)15-12/h3-4,6-7,11,14H,1-2,5,8-9H2. The van der Waals surface area contributed by atoms with Crippen LogP contribution in [0, 0.1) is 0 Å². The minimum absolute atomic E-state index is 0.116. The number of allylic oxidation sites excluding steroid dienone is 1. The lowest BCUT2D eigenvalue weighted by molar-refractivity contribution is -0.179. The Morgan fingerprint density at radius 2 is 2.27 bits per heavy atom. The van der Waals surface area contributed by atoms with Crippen LogP contribution >= 0.6 is 0 Å². The maximum absolute atomic E-state index is 11.8. The van der Waals surface area contributed by atoms with Crippen molar-refractivity contribution in [1.29, 1.82) is 0 Å². The number of hydrogen-bond acceptors (Lipinski definition) is 3. The molecule has 0 aromatic rings. The van der Waals surface area contributed by atoms with Gasteiger partial charge < -0.3 is 9.84 Å². The molecule has 1 aliphatic rings. The van der Waals surface area contributed by atoms with Gasteiger partial charge in [-0.1, -0.05) is 12.2 Å². The molecule has 2 unspecified atom stereocenters. The smallest absolute Gasteiger partial charge is 0.187 e. The van der Waals surface area contributed by atoms with Crippen molar-refractivity contribution in [2.45, 2.75) is 31.2 Å². The van der Waals surface area contributed by atoms with Crippen molar-refractivity contribution < 1.29 is 14.6 Å². The fourth-order valence-corrected chi connectivity index (χ4v) is 1.65. The summed E-state index contributed by atoms with van der Waals surface area (Å²) in [7, 11) is 0. The highest BCUT2D eigenvalue weighted by Crippen LogP contribution is 2.29. The van der Waals surface area contributed by atoms with E-state index in [9.17, 15) is 9.90 Å². The van der Waals surface area contributed by atoms with Gasteiger partial charge in [-0.25, -0.2) is 0 Å². The lowest BCUT2D eigenvalue weighted by Gasteiger charge is -2.34. The number of rotatable bonds is 5. The molecule has 0 fully saturated rings. The molecular weight excluding hydrogens is 192 g/mol. The molecule has 0 bridgehead atoms. The molecule has 0 aliphatic carbocycles. The van der Waals surface area contributed by atoms with Crippen LogP contribution < -0.4 is 0 Å². The van der Waals surface area contributed by atoms with Crippen LogP contribution in [0.3, 0.4) is 0 Å². The van der Waals surface area contributed by atoms with E-state index in [0.717, 1.165) is 0 Å². The molecule has 0 aromatic carbocycles. The highest BCUT2D eigenvalue weighted by molar-refractivity contribution is 5.97. The third kappa shape index (κ3) is 2.64. The predicted octanol–water partition coefficient (Wildman–Crippen LogP) is 1.74. The van der Waals surface area contributed by atoms with Crippen LogP contribution in [0.1, 0.15) is 19.3 Å². The third-order valence-electron chi connectivity index (χ3n) is 2.43. The Hall–Kier alpha value is -1.19. The number of carbonyl (C=O) groups is 1. The van der Waals surface area contributed by atoms with Gasteiger partial charge in [-0.3, -0.25) is 4.79 Å². The Labute approximate surface area is 89.7 Å². The van der Waals surface area contributed by atoms with E-state index in [1.807, 2.05) is 0 Å². The topological polar surface area (TPSA) is 46.5 Å². The number of ketones is 1. The summed E-state index contributed by atoms with van der Waals surface area (Å²) in [4.78, 5) is 11.8. The molecule has 2 atom stereocenters. The maximum Gasteiger partial charge on any atom is 0.187 e. The summed E-state index contributed by atoms with van der Waals surface area (Å²) in [5.74, 6) is -0.116. The fourth-order valence-electron chi connectivity index (χ4n) is 1.65. The van der Waals surface area contributed by atoms with E-state index < -0.39 is 11.9 Å². The van der Waals surface area contributed by atoms with Gasteiger partial charge in [0.15, 0.2) is 12.1 Å². The molecule has 1 heterocycles. The van der Waals surface area contributed by atoms with Crippen LogP contribution in [0.2, 0.25) is 0 Å². The number of aliphatic hydroxyl groups is 1. The first-order chi connectivity index (χ1) is 7.14. The van der Waals surface area contributed by atoms with Crippen molar-refractivity contribution >= 4 is 5.78 Å². The van der Waals surface area contributed by atoms with Gasteiger partial charge in [0.05, 0.1) is 0 Å². The number of ether oxygens (including phenoxy) is 1. The molecule has 0 radical (unpaired) electrons. The van der Waals surface area contributed by atoms with E-state index in [0.29, 0.717) is 19.3 Å². The summed E-state index contributed by atoms with van der Waals surface area (Å²) in [6.45, 7) is 7.21. The van der Waals surface area contributed by atoms with Crippen molar-refractivity contribution in [3.63, 3.8) is 0 Å². The second kappa shape index (κ2) is 5.05. The van der Waals surface area contributed by atoms with Crippen molar-refractivity contribution in [2.24, 2.45) is 0 Å². The molecule has 1 N–H and O–H groups in total. The second-order valence-corrected chi connectivity index (χ2v) is 3.55. The summed E-state index contributed by atoms with van der Waals surface area (Å²) in [5, 5.41) is 9.37. The van der Waals surface area contributed by atoms with Gasteiger partial charge in [0, 0.05) is 6.42 Å². The highest BCUT2D eigenvalue weighted by Gasteiger charge is 2.40. The second-order valence-electron chi connectivity index (χ2n) is 3.55. The Bertz CT molecular complexity index is 293. The average molecular weight is 208 g/mol. The number of hydrogen-bond donors (Lipinski definition) is 1. The SMILES string of the molecule is C=CCCC1(CC=C)OC(O)C=CC1=O. The van der Waals surface area contributed by atoms with Crippen molar-refractivity contribution in [3.8, 4) is 0 Å². The summed E-state index contributed by atoms with van der Waals surface area (Å²) in [5.41, 5.74) is -0.954. The zero-order valence-electron chi connectivity index (χ0n) is 8.69. The molecule has 0 spiro atoms. The average Bonchev–Trinajstić information content (AvgIpc) is 2.21. The molecule has 82 valence electrons. The molecule has 0 aromatic heterocycles. The van der Waals surface area contributed by atoms with Crippen LogP contribution in [0.5, 0.6) is 0 Å². The summed E-state index contributed by atoms with van der Waals surface area (Å²) >= 11 is 0. The summed E-state index contributed by atoms with van der Waals surface area (Å²) in [6.07, 6.45) is 6.66. The first kappa shape index (κ1) is 11.9. The van der Waals surface area contributed by atoms with Crippen LogP contribution in [-0.2, 0) is 9.53 Å². The van der Waals surface area contributed by atoms with Gasteiger partial charge in [0.25, 0.3) is 0 Å². The lowest BCUT2D eigenvalue weighted by Crippen LogP contribution is -2.45. The van der Waals surface area contributed by atoms with Crippen molar-refractivity contribution in [2.75, 3.05) is 0 Å². The first-order valence-electron chi connectivity index (χ1n) is 4.95. The normalized spacial score (nSPS) is 30.2. The largest absolute Gasteiger partial charge is 0.365 e. The highest BCUT2D eigenvalue weighted by atomic mass is 16.6. The van der Waals surface area contributed by atoms with Crippen LogP contribution in [0.4, 0.5) is 0 Å². The first-order valence-corrected chi connectivity index (χ1v) is 4.95. The summed E-state index contributed by atoms with van der Waals surface area (Å²) < 4.78 is 5.33. The van der Waals surface area contributed by atoms with Crippen molar-refractivity contribution in [3.05, 3.63) is 37.5 Å². The minimum atomic E-state index is -1.01. The van der Waals surface area contributed by atoms with Gasteiger partial charge in [-0.05, 0) is 25.0 Å². The van der Waals surface area contributed by atoms with Crippen LogP contribution in [-0.4, -0.2) is 22.8 Å². The third-order valence-corrected chi connectivity index (χ3v) is 2.43.